The van der Waals surface area contributed by atoms with Crippen LogP contribution in [0.15, 0.2) is 22.7 Å². The van der Waals surface area contributed by atoms with Gasteiger partial charge in [0.25, 0.3) is 0 Å². The molecule has 4 nitrogen and oxygen atoms in total. The molecule has 0 bridgehead atoms. The highest BCUT2D eigenvalue weighted by Crippen LogP contribution is 2.19. The van der Waals surface area contributed by atoms with Crippen LogP contribution in [-0.4, -0.2) is 27.8 Å². The molecule has 2 N–H and O–H groups in total. The molecular weight excluding hydrogens is 292 g/mol. The fraction of sp³-hybridized carbons (Fsp3) is 0.400. The van der Waals surface area contributed by atoms with Crippen LogP contribution in [-0.2, 0) is 10.0 Å². The first-order chi connectivity index (χ1) is 7.43. The lowest BCUT2D eigenvalue weighted by molar-refractivity contribution is 0.599. The molecule has 0 unspecified atom stereocenters. The van der Waals surface area contributed by atoms with E-state index in [2.05, 4.69) is 26.0 Å². The van der Waals surface area contributed by atoms with Gasteiger partial charge in [-0.1, -0.05) is 15.9 Å². The molecule has 0 aliphatic carbocycles. The van der Waals surface area contributed by atoms with Crippen LogP contribution < -0.4 is 10.0 Å². The third kappa shape index (κ3) is 4.51. The van der Waals surface area contributed by atoms with Crippen molar-refractivity contribution < 1.29 is 8.42 Å². The van der Waals surface area contributed by atoms with Crippen molar-refractivity contribution in [1.29, 1.82) is 0 Å². The van der Waals surface area contributed by atoms with Gasteiger partial charge in [-0.25, -0.2) is 8.42 Å². The summed E-state index contributed by atoms with van der Waals surface area (Å²) in [6.45, 7) is 2.35. The molecule has 0 aromatic heterocycles. The van der Waals surface area contributed by atoms with E-state index in [1.165, 1.54) is 0 Å². The predicted octanol–water partition coefficient (Wildman–Crippen LogP) is 1.72. The van der Waals surface area contributed by atoms with E-state index in [-0.39, 0.29) is 5.75 Å². The Labute approximate surface area is 105 Å². The van der Waals surface area contributed by atoms with E-state index in [1.807, 2.05) is 13.0 Å². The van der Waals surface area contributed by atoms with Gasteiger partial charge in [0.05, 0.1) is 5.75 Å². The SMILES string of the molecule is CNCCS(=O)(=O)Nc1cc(C)cc(Br)c1. The highest BCUT2D eigenvalue weighted by Gasteiger charge is 2.09. The van der Waals surface area contributed by atoms with Crippen LogP contribution in [0.1, 0.15) is 5.56 Å². The summed E-state index contributed by atoms with van der Waals surface area (Å²) in [5.74, 6) is 0.0645. The molecule has 0 fully saturated rings. The van der Waals surface area contributed by atoms with Crippen molar-refractivity contribution in [2.24, 2.45) is 0 Å². The van der Waals surface area contributed by atoms with Crippen LogP contribution in [0.25, 0.3) is 0 Å². The fourth-order valence-corrected chi connectivity index (χ4v) is 2.92. The van der Waals surface area contributed by atoms with E-state index in [0.29, 0.717) is 12.2 Å². The van der Waals surface area contributed by atoms with E-state index in [9.17, 15) is 8.42 Å². The van der Waals surface area contributed by atoms with E-state index in [4.69, 9.17) is 0 Å². The summed E-state index contributed by atoms with van der Waals surface area (Å²) in [6, 6.07) is 5.46. The Morgan fingerprint density at radius 1 is 1.31 bits per heavy atom. The summed E-state index contributed by atoms with van der Waals surface area (Å²) in [5, 5.41) is 2.80. The second-order valence-electron chi connectivity index (χ2n) is 3.54. The molecule has 0 saturated carbocycles. The minimum absolute atomic E-state index is 0.0645. The highest BCUT2D eigenvalue weighted by molar-refractivity contribution is 9.10. The maximum Gasteiger partial charge on any atom is 0.233 e. The van der Waals surface area contributed by atoms with Gasteiger partial charge >= 0.3 is 0 Å². The second-order valence-corrected chi connectivity index (χ2v) is 6.30. The Kier molecular flexibility index (Phi) is 4.76. The van der Waals surface area contributed by atoms with E-state index in [1.54, 1.807) is 19.2 Å². The van der Waals surface area contributed by atoms with Gasteiger partial charge in [-0.2, -0.15) is 0 Å². The number of anilines is 1. The average molecular weight is 307 g/mol. The maximum absolute atomic E-state index is 11.6. The molecule has 0 aliphatic heterocycles. The van der Waals surface area contributed by atoms with Crippen LogP contribution in [0.4, 0.5) is 5.69 Å². The number of benzene rings is 1. The number of halogens is 1. The molecule has 0 heterocycles. The van der Waals surface area contributed by atoms with Gasteiger partial charge in [0, 0.05) is 16.7 Å². The van der Waals surface area contributed by atoms with Crippen molar-refractivity contribution in [3.8, 4) is 0 Å². The Bertz CT molecular complexity index is 440. The maximum atomic E-state index is 11.6. The highest BCUT2D eigenvalue weighted by atomic mass is 79.9. The molecule has 0 aliphatic rings. The number of hydrogen-bond acceptors (Lipinski definition) is 3. The van der Waals surface area contributed by atoms with Gasteiger partial charge in [0.15, 0.2) is 0 Å². The number of hydrogen-bond donors (Lipinski definition) is 2. The van der Waals surface area contributed by atoms with Gasteiger partial charge in [-0.3, -0.25) is 4.72 Å². The molecule has 0 amide bonds. The standard InChI is InChI=1S/C10H15BrN2O2S/c1-8-5-9(11)7-10(6-8)13-16(14,15)4-3-12-2/h5-7,12-13H,3-4H2,1-2H3. The van der Waals surface area contributed by atoms with Gasteiger partial charge in [0.2, 0.25) is 10.0 Å². The Morgan fingerprint density at radius 3 is 2.56 bits per heavy atom. The number of rotatable bonds is 5. The first-order valence-corrected chi connectivity index (χ1v) is 7.30. The van der Waals surface area contributed by atoms with Crippen LogP contribution in [0, 0.1) is 6.92 Å². The molecule has 0 spiro atoms. The van der Waals surface area contributed by atoms with Crippen molar-refractivity contribution in [3.63, 3.8) is 0 Å². The Morgan fingerprint density at radius 2 is 2.00 bits per heavy atom. The minimum Gasteiger partial charge on any atom is -0.319 e. The summed E-state index contributed by atoms with van der Waals surface area (Å²) in [5.41, 5.74) is 1.59. The van der Waals surface area contributed by atoms with Gasteiger partial charge in [-0.05, 0) is 37.7 Å². The summed E-state index contributed by atoms with van der Waals surface area (Å²) in [4.78, 5) is 0. The largest absolute Gasteiger partial charge is 0.319 e. The van der Waals surface area contributed by atoms with E-state index in [0.717, 1.165) is 10.0 Å². The fourth-order valence-electron chi connectivity index (χ4n) is 1.26. The third-order valence-corrected chi connectivity index (χ3v) is 3.68. The lowest BCUT2D eigenvalue weighted by atomic mass is 10.2. The molecular formula is C10H15BrN2O2S. The molecule has 0 radical (unpaired) electrons. The molecule has 1 aromatic carbocycles. The second kappa shape index (κ2) is 5.65. The molecule has 90 valence electrons. The van der Waals surface area contributed by atoms with Crippen LogP contribution in [0.5, 0.6) is 0 Å². The van der Waals surface area contributed by atoms with Crippen molar-refractivity contribution in [2.75, 3.05) is 24.1 Å². The van der Waals surface area contributed by atoms with Crippen LogP contribution in [0.3, 0.4) is 0 Å². The zero-order chi connectivity index (χ0) is 12.2. The van der Waals surface area contributed by atoms with Crippen molar-refractivity contribution in [3.05, 3.63) is 28.2 Å². The van der Waals surface area contributed by atoms with Crippen molar-refractivity contribution >= 4 is 31.6 Å². The molecule has 6 heteroatoms. The molecule has 1 aromatic rings. The number of sulfonamides is 1. The quantitative estimate of drug-likeness (QED) is 0.871. The lowest BCUT2D eigenvalue weighted by Crippen LogP contribution is -2.24. The van der Waals surface area contributed by atoms with E-state index >= 15 is 0 Å². The Hall–Kier alpha value is -0.590. The summed E-state index contributed by atoms with van der Waals surface area (Å²) < 4.78 is 26.6. The lowest BCUT2D eigenvalue weighted by Gasteiger charge is -2.09. The monoisotopic (exact) mass is 306 g/mol. The van der Waals surface area contributed by atoms with E-state index < -0.39 is 10.0 Å². The minimum atomic E-state index is -3.26. The van der Waals surface area contributed by atoms with Gasteiger partial charge in [-0.15, -0.1) is 0 Å². The molecule has 1 rings (SSSR count). The number of aryl methyl sites for hydroxylation is 1. The first-order valence-electron chi connectivity index (χ1n) is 4.85. The average Bonchev–Trinajstić information content (AvgIpc) is 2.12. The zero-order valence-corrected chi connectivity index (χ0v) is 11.7. The molecule has 16 heavy (non-hydrogen) atoms. The first kappa shape index (κ1) is 13.5. The van der Waals surface area contributed by atoms with Crippen molar-refractivity contribution in [2.45, 2.75) is 6.92 Å². The van der Waals surface area contributed by atoms with Crippen LogP contribution in [0.2, 0.25) is 0 Å². The van der Waals surface area contributed by atoms with Crippen LogP contribution >= 0.6 is 15.9 Å². The topological polar surface area (TPSA) is 58.2 Å². The predicted molar refractivity (Wildman–Crippen MR) is 70.2 cm³/mol. The molecule has 0 saturated heterocycles. The van der Waals surface area contributed by atoms with Gasteiger partial charge < -0.3 is 5.32 Å². The molecule has 0 atom stereocenters. The van der Waals surface area contributed by atoms with Gasteiger partial charge in [0.1, 0.15) is 0 Å². The summed E-state index contributed by atoms with van der Waals surface area (Å²) >= 11 is 3.33. The summed E-state index contributed by atoms with van der Waals surface area (Å²) in [6.07, 6.45) is 0. The normalized spacial score (nSPS) is 11.4. The Balaban J connectivity index is 2.80. The third-order valence-electron chi connectivity index (χ3n) is 1.94. The number of nitrogens with one attached hydrogen (secondary N) is 2. The smallest absolute Gasteiger partial charge is 0.233 e. The summed E-state index contributed by atoms with van der Waals surface area (Å²) in [7, 11) is -1.54. The zero-order valence-electron chi connectivity index (χ0n) is 9.25. The van der Waals surface area contributed by atoms with Crippen molar-refractivity contribution in [1.82, 2.24) is 5.32 Å².